The lowest BCUT2D eigenvalue weighted by Crippen LogP contribution is -2.45. The van der Waals surface area contributed by atoms with Crippen molar-refractivity contribution in [3.63, 3.8) is 0 Å². The topological polar surface area (TPSA) is 33.7 Å². The van der Waals surface area contributed by atoms with Crippen molar-refractivity contribution in [2.24, 2.45) is 0 Å². The molecule has 2 aromatic rings. The van der Waals surface area contributed by atoms with Crippen molar-refractivity contribution in [2.75, 3.05) is 40.0 Å². The lowest BCUT2D eigenvalue weighted by Gasteiger charge is -2.35. The Hall–Kier alpha value is -2.11. The maximum Gasteiger partial charge on any atom is 0.161 e. The fraction of sp³-hybridized carbons (Fsp3) is 0.429. The zero-order chi connectivity index (χ0) is 18.2. The Bertz CT molecular complexity index is 675. The van der Waals surface area contributed by atoms with E-state index in [1.807, 2.05) is 48.5 Å². The molecule has 0 spiro atoms. The first-order valence-electron chi connectivity index (χ1n) is 9.17. The number of benzene rings is 2. The smallest absolute Gasteiger partial charge is 0.161 e. The molecule has 5 heteroatoms. The van der Waals surface area contributed by atoms with Gasteiger partial charge in [0.25, 0.3) is 0 Å². The SMILES string of the molecule is COc1cc([C@@H](CCF)N2CCNCC2)ccc1OCc1ccccc1. The van der Waals surface area contributed by atoms with Gasteiger partial charge in [-0.1, -0.05) is 36.4 Å². The molecule has 0 amide bonds. The van der Waals surface area contributed by atoms with Crippen molar-refractivity contribution in [1.82, 2.24) is 10.2 Å². The minimum atomic E-state index is -0.330. The molecule has 0 bridgehead atoms. The summed E-state index contributed by atoms with van der Waals surface area (Å²) >= 11 is 0. The summed E-state index contributed by atoms with van der Waals surface area (Å²) in [6, 6.07) is 16.1. The molecule has 0 unspecified atom stereocenters. The van der Waals surface area contributed by atoms with Gasteiger partial charge in [0, 0.05) is 32.2 Å². The Kier molecular flexibility index (Phi) is 6.86. The van der Waals surface area contributed by atoms with Gasteiger partial charge in [0.2, 0.25) is 0 Å². The van der Waals surface area contributed by atoms with E-state index in [2.05, 4.69) is 10.2 Å². The molecule has 1 atom stereocenters. The van der Waals surface area contributed by atoms with Crippen LogP contribution in [-0.4, -0.2) is 44.9 Å². The Morgan fingerprint density at radius 3 is 2.54 bits per heavy atom. The summed E-state index contributed by atoms with van der Waals surface area (Å²) in [5, 5.41) is 3.35. The third-order valence-corrected chi connectivity index (χ3v) is 4.78. The highest BCUT2D eigenvalue weighted by Gasteiger charge is 2.23. The van der Waals surface area contributed by atoms with Crippen LogP contribution in [0.3, 0.4) is 0 Å². The monoisotopic (exact) mass is 358 g/mol. The van der Waals surface area contributed by atoms with Gasteiger partial charge in [-0.3, -0.25) is 9.29 Å². The van der Waals surface area contributed by atoms with Crippen molar-refractivity contribution in [3.8, 4) is 11.5 Å². The summed E-state index contributed by atoms with van der Waals surface area (Å²) in [6.45, 7) is 3.90. The van der Waals surface area contributed by atoms with Crippen LogP contribution in [0.1, 0.15) is 23.6 Å². The third kappa shape index (κ3) is 4.74. The molecule has 1 aliphatic heterocycles. The average molecular weight is 358 g/mol. The first-order valence-corrected chi connectivity index (χ1v) is 9.17. The van der Waals surface area contributed by atoms with Crippen molar-refractivity contribution < 1.29 is 13.9 Å². The summed E-state index contributed by atoms with van der Waals surface area (Å²) in [6.07, 6.45) is 0.493. The number of piperazine rings is 1. The van der Waals surface area contributed by atoms with E-state index in [1.165, 1.54) is 0 Å². The molecule has 1 fully saturated rings. The van der Waals surface area contributed by atoms with Gasteiger partial charge < -0.3 is 14.8 Å². The number of alkyl halides is 1. The number of hydrogen-bond acceptors (Lipinski definition) is 4. The molecule has 1 N–H and O–H groups in total. The quantitative estimate of drug-likeness (QED) is 0.782. The molecule has 0 radical (unpaired) electrons. The molecule has 0 aromatic heterocycles. The van der Waals surface area contributed by atoms with E-state index < -0.39 is 0 Å². The standard InChI is InChI=1S/C21H27FN2O2/c1-25-21-15-18(19(9-10-22)24-13-11-23-12-14-24)7-8-20(21)26-16-17-5-3-2-4-6-17/h2-8,15,19,23H,9-14,16H2,1H3/t19-/m1/s1. The van der Waals surface area contributed by atoms with Gasteiger partial charge in [0.1, 0.15) is 6.61 Å². The lowest BCUT2D eigenvalue weighted by molar-refractivity contribution is 0.157. The molecule has 3 rings (SSSR count). The molecular formula is C21H27FN2O2. The molecule has 0 saturated carbocycles. The van der Waals surface area contributed by atoms with Gasteiger partial charge >= 0.3 is 0 Å². The van der Waals surface area contributed by atoms with Crippen LogP contribution in [0.5, 0.6) is 11.5 Å². The number of nitrogens with zero attached hydrogens (tertiary/aromatic N) is 1. The Labute approximate surface area is 154 Å². The van der Waals surface area contributed by atoms with Gasteiger partial charge in [-0.15, -0.1) is 0 Å². The highest BCUT2D eigenvalue weighted by molar-refractivity contribution is 5.44. The normalized spacial score (nSPS) is 16.2. The highest BCUT2D eigenvalue weighted by atomic mass is 19.1. The largest absolute Gasteiger partial charge is 0.493 e. The molecule has 1 heterocycles. The second-order valence-corrected chi connectivity index (χ2v) is 6.46. The van der Waals surface area contributed by atoms with Gasteiger partial charge in [-0.2, -0.15) is 0 Å². The van der Waals surface area contributed by atoms with Crippen LogP contribution in [-0.2, 0) is 6.61 Å². The van der Waals surface area contributed by atoms with Crippen molar-refractivity contribution in [1.29, 1.82) is 0 Å². The van der Waals surface area contributed by atoms with Gasteiger partial charge in [-0.25, -0.2) is 0 Å². The average Bonchev–Trinajstić information content (AvgIpc) is 2.72. The second kappa shape index (κ2) is 9.55. The summed E-state index contributed by atoms with van der Waals surface area (Å²) in [5.74, 6) is 1.40. The highest BCUT2D eigenvalue weighted by Crippen LogP contribution is 2.34. The lowest BCUT2D eigenvalue weighted by atomic mass is 10.0. The second-order valence-electron chi connectivity index (χ2n) is 6.46. The van der Waals surface area contributed by atoms with Crippen LogP contribution >= 0.6 is 0 Å². The molecular weight excluding hydrogens is 331 g/mol. The molecule has 140 valence electrons. The van der Waals surface area contributed by atoms with Gasteiger partial charge in [0.15, 0.2) is 11.5 Å². The van der Waals surface area contributed by atoms with E-state index >= 15 is 0 Å². The number of rotatable bonds is 8. The number of ether oxygens (including phenoxy) is 2. The number of hydrogen-bond donors (Lipinski definition) is 1. The Morgan fingerprint density at radius 2 is 1.85 bits per heavy atom. The van der Waals surface area contributed by atoms with E-state index in [4.69, 9.17) is 9.47 Å². The predicted molar refractivity (Wildman–Crippen MR) is 102 cm³/mol. The van der Waals surface area contributed by atoms with Crippen LogP contribution in [0.2, 0.25) is 0 Å². The third-order valence-electron chi connectivity index (χ3n) is 4.78. The van der Waals surface area contributed by atoms with Crippen LogP contribution in [0.15, 0.2) is 48.5 Å². The van der Waals surface area contributed by atoms with E-state index in [9.17, 15) is 4.39 Å². The van der Waals surface area contributed by atoms with Gasteiger partial charge in [0.05, 0.1) is 13.8 Å². The van der Waals surface area contributed by atoms with Crippen LogP contribution in [0, 0.1) is 0 Å². The summed E-state index contributed by atoms with van der Waals surface area (Å²) in [5.41, 5.74) is 2.18. The Balaban J connectivity index is 1.75. The zero-order valence-electron chi connectivity index (χ0n) is 15.3. The fourth-order valence-corrected chi connectivity index (χ4v) is 3.40. The van der Waals surface area contributed by atoms with E-state index in [1.54, 1.807) is 7.11 Å². The molecule has 26 heavy (non-hydrogen) atoms. The predicted octanol–water partition coefficient (Wildman–Crippen LogP) is 3.58. The van der Waals surface area contributed by atoms with Crippen LogP contribution in [0.25, 0.3) is 0 Å². The number of nitrogens with one attached hydrogen (secondary N) is 1. The van der Waals surface area contributed by atoms with E-state index in [0.717, 1.165) is 37.3 Å². The maximum atomic E-state index is 13.2. The van der Waals surface area contributed by atoms with Crippen molar-refractivity contribution in [2.45, 2.75) is 19.1 Å². The van der Waals surface area contributed by atoms with Crippen LogP contribution in [0.4, 0.5) is 4.39 Å². The minimum absolute atomic E-state index is 0.0687. The first-order chi connectivity index (χ1) is 12.8. The molecule has 0 aliphatic carbocycles. The van der Waals surface area contributed by atoms with Crippen LogP contribution < -0.4 is 14.8 Å². The molecule has 4 nitrogen and oxygen atoms in total. The maximum absolute atomic E-state index is 13.2. The molecule has 2 aromatic carbocycles. The van der Waals surface area contributed by atoms with E-state index in [-0.39, 0.29) is 12.7 Å². The van der Waals surface area contributed by atoms with E-state index in [0.29, 0.717) is 24.5 Å². The molecule has 1 saturated heterocycles. The number of methoxy groups -OCH3 is 1. The Morgan fingerprint density at radius 1 is 1.08 bits per heavy atom. The first kappa shape index (κ1) is 18.7. The number of halogens is 1. The van der Waals surface area contributed by atoms with Crippen molar-refractivity contribution in [3.05, 3.63) is 59.7 Å². The van der Waals surface area contributed by atoms with Gasteiger partial charge in [-0.05, 0) is 29.7 Å². The summed E-state index contributed by atoms with van der Waals surface area (Å²) in [7, 11) is 1.64. The zero-order valence-corrected chi connectivity index (χ0v) is 15.3. The minimum Gasteiger partial charge on any atom is -0.493 e. The van der Waals surface area contributed by atoms with Crippen molar-refractivity contribution >= 4 is 0 Å². The molecule has 1 aliphatic rings. The summed E-state index contributed by atoms with van der Waals surface area (Å²) in [4.78, 5) is 2.34. The fourth-order valence-electron chi connectivity index (χ4n) is 3.40. The summed E-state index contributed by atoms with van der Waals surface area (Å²) < 4.78 is 24.6.